The molecule has 0 aliphatic carbocycles. The van der Waals surface area contributed by atoms with E-state index in [9.17, 15) is 14.7 Å². The molecule has 1 saturated heterocycles. The van der Waals surface area contributed by atoms with Crippen LogP contribution in [-0.4, -0.2) is 48.9 Å². The number of quaternary nitrogens is 1. The molecule has 1 aromatic carbocycles. The van der Waals surface area contributed by atoms with Crippen LogP contribution < -0.4 is 4.90 Å². The van der Waals surface area contributed by atoms with Crippen molar-refractivity contribution in [3.8, 4) is 0 Å². The molecule has 3 rings (SSSR count). The van der Waals surface area contributed by atoms with Crippen molar-refractivity contribution >= 4 is 28.8 Å². The van der Waals surface area contributed by atoms with E-state index in [1.54, 1.807) is 4.90 Å². The van der Waals surface area contributed by atoms with Crippen LogP contribution in [0.2, 0.25) is 0 Å². The fourth-order valence-electron chi connectivity index (χ4n) is 3.59. The molecular formula is C22H27N2O3S+. The van der Waals surface area contributed by atoms with Gasteiger partial charge in [0.05, 0.1) is 32.3 Å². The maximum atomic E-state index is 12.9. The van der Waals surface area contributed by atoms with Crippen molar-refractivity contribution in [3.63, 3.8) is 0 Å². The van der Waals surface area contributed by atoms with Crippen LogP contribution >= 0.6 is 11.3 Å². The van der Waals surface area contributed by atoms with Crippen LogP contribution in [0.25, 0.3) is 5.76 Å². The second kappa shape index (κ2) is 8.29. The Morgan fingerprint density at radius 2 is 1.96 bits per heavy atom. The van der Waals surface area contributed by atoms with Gasteiger partial charge in [0.25, 0.3) is 11.7 Å². The molecule has 1 unspecified atom stereocenters. The van der Waals surface area contributed by atoms with Gasteiger partial charge in [-0.1, -0.05) is 23.8 Å². The number of hydrogen-bond acceptors (Lipinski definition) is 4. The number of likely N-dealkylation sites (tertiary alicyclic amines) is 1. The lowest BCUT2D eigenvalue weighted by molar-refractivity contribution is -0.858. The lowest BCUT2D eigenvalue weighted by Gasteiger charge is -2.24. The number of hydrogen-bond donors (Lipinski definition) is 2. The van der Waals surface area contributed by atoms with Crippen LogP contribution in [-0.2, 0) is 9.59 Å². The fourth-order valence-corrected chi connectivity index (χ4v) is 4.44. The molecule has 28 heavy (non-hydrogen) atoms. The molecule has 1 aromatic heterocycles. The Morgan fingerprint density at radius 3 is 2.61 bits per heavy atom. The average molecular weight is 400 g/mol. The molecule has 1 aliphatic heterocycles. The summed E-state index contributed by atoms with van der Waals surface area (Å²) < 4.78 is 0. The summed E-state index contributed by atoms with van der Waals surface area (Å²) >= 11 is 1.49. The third-order valence-electron chi connectivity index (χ3n) is 5.08. The molecule has 1 amide bonds. The smallest absolute Gasteiger partial charge is 0.295 e. The summed E-state index contributed by atoms with van der Waals surface area (Å²) in [7, 11) is 4.12. The van der Waals surface area contributed by atoms with Crippen molar-refractivity contribution in [2.24, 2.45) is 0 Å². The molecule has 6 heteroatoms. The number of nitrogens with zero attached hydrogens (tertiary/aromatic N) is 1. The highest BCUT2D eigenvalue weighted by molar-refractivity contribution is 7.10. The first-order chi connectivity index (χ1) is 13.3. The number of Topliss-reactive ketones (excluding diaryl/α,β-unsaturated/α-hetero) is 1. The highest BCUT2D eigenvalue weighted by Gasteiger charge is 2.46. The first kappa shape index (κ1) is 20.3. The highest BCUT2D eigenvalue weighted by atomic mass is 32.1. The number of rotatable bonds is 6. The second-order valence-electron chi connectivity index (χ2n) is 7.64. The number of benzene rings is 1. The van der Waals surface area contributed by atoms with E-state index in [4.69, 9.17) is 0 Å². The van der Waals surface area contributed by atoms with Gasteiger partial charge in [-0.15, -0.1) is 11.3 Å². The summed E-state index contributed by atoms with van der Waals surface area (Å²) in [6.45, 7) is 5.22. The molecule has 0 radical (unpaired) electrons. The van der Waals surface area contributed by atoms with E-state index in [0.717, 1.165) is 29.0 Å². The van der Waals surface area contributed by atoms with Gasteiger partial charge in [-0.3, -0.25) is 9.59 Å². The Bertz CT molecular complexity index is 916. The third-order valence-corrected chi connectivity index (χ3v) is 6.00. The van der Waals surface area contributed by atoms with Crippen LogP contribution in [0.3, 0.4) is 0 Å². The molecule has 0 saturated carbocycles. The van der Waals surface area contributed by atoms with Crippen LogP contribution in [0.4, 0.5) is 0 Å². The Balaban J connectivity index is 2.09. The molecule has 1 fully saturated rings. The Kier molecular flexibility index (Phi) is 6.01. The fraction of sp³-hybridized carbons (Fsp3) is 0.364. The third kappa shape index (κ3) is 3.88. The minimum atomic E-state index is -0.603. The summed E-state index contributed by atoms with van der Waals surface area (Å²) in [6.07, 6.45) is 0.792. The number of amides is 1. The van der Waals surface area contributed by atoms with Gasteiger partial charge in [0.15, 0.2) is 0 Å². The maximum Gasteiger partial charge on any atom is 0.295 e. The molecule has 0 spiro atoms. The van der Waals surface area contributed by atoms with E-state index < -0.39 is 17.7 Å². The molecule has 1 aliphatic rings. The van der Waals surface area contributed by atoms with Gasteiger partial charge < -0.3 is 14.9 Å². The van der Waals surface area contributed by atoms with Gasteiger partial charge in [0.1, 0.15) is 5.76 Å². The van der Waals surface area contributed by atoms with Gasteiger partial charge in [-0.05, 0) is 36.9 Å². The molecule has 148 valence electrons. The van der Waals surface area contributed by atoms with Gasteiger partial charge in [-0.25, -0.2) is 0 Å². The molecule has 5 nitrogen and oxygen atoms in total. The Labute approximate surface area is 169 Å². The van der Waals surface area contributed by atoms with Crippen molar-refractivity contribution in [1.82, 2.24) is 4.90 Å². The van der Waals surface area contributed by atoms with E-state index in [-0.39, 0.29) is 11.3 Å². The summed E-state index contributed by atoms with van der Waals surface area (Å²) in [5, 5.41) is 13.0. The van der Waals surface area contributed by atoms with E-state index in [2.05, 4.69) is 14.1 Å². The number of aryl methyl sites for hydroxylation is 2. The SMILES string of the molecule is Cc1ccc(C)c(C(O)=C2C(=O)C(=O)N(CCC[NH+](C)C)C2c2cccs2)c1. The molecule has 2 aromatic rings. The van der Waals surface area contributed by atoms with E-state index >= 15 is 0 Å². The molecular weight excluding hydrogens is 372 g/mol. The van der Waals surface area contributed by atoms with Crippen LogP contribution in [0, 0.1) is 13.8 Å². The number of ketones is 1. The topological polar surface area (TPSA) is 62.0 Å². The molecule has 2 N–H and O–H groups in total. The van der Waals surface area contributed by atoms with Crippen molar-refractivity contribution in [1.29, 1.82) is 0 Å². The van der Waals surface area contributed by atoms with Crippen LogP contribution in [0.5, 0.6) is 0 Å². The molecule has 0 bridgehead atoms. The van der Waals surface area contributed by atoms with Gasteiger partial charge in [0.2, 0.25) is 0 Å². The van der Waals surface area contributed by atoms with Gasteiger partial charge >= 0.3 is 0 Å². The van der Waals surface area contributed by atoms with Crippen molar-refractivity contribution in [2.45, 2.75) is 26.3 Å². The van der Waals surface area contributed by atoms with Gasteiger partial charge in [-0.2, -0.15) is 0 Å². The number of carbonyl (C=O) groups is 2. The zero-order valence-corrected chi connectivity index (χ0v) is 17.6. The lowest BCUT2D eigenvalue weighted by atomic mass is 9.96. The lowest BCUT2D eigenvalue weighted by Crippen LogP contribution is -3.05. The number of aliphatic hydroxyl groups is 1. The largest absolute Gasteiger partial charge is 0.507 e. The molecule has 2 heterocycles. The standard InChI is InChI=1S/C22H26N2O3S/c1-14-8-9-15(2)16(13-14)20(25)18-19(17-7-5-12-28-17)24(22(27)21(18)26)11-6-10-23(3)4/h5,7-9,12-13,19,25H,6,10-11H2,1-4H3/p+1. The first-order valence-corrected chi connectivity index (χ1v) is 10.4. The minimum absolute atomic E-state index is 0.0846. The average Bonchev–Trinajstić information content (AvgIpc) is 3.25. The highest BCUT2D eigenvalue weighted by Crippen LogP contribution is 2.41. The summed E-state index contributed by atoms with van der Waals surface area (Å²) in [5.74, 6) is -1.22. The predicted molar refractivity (Wildman–Crippen MR) is 112 cm³/mol. The van der Waals surface area contributed by atoms with Crippen LogP contribution in [0.15, 0.2) is 41.3 Å². The van der Waals surface area contributed by atoms with Crippen LogP contribution in [0.1, 0.15) is 34.0 Å². The molecule has 1 atom stereocenters. The Hall–Kier alpha value is -2.44. The zero-order chi connectivity index (χ0) is 20.4. The van der Waals surface area contributed by atoms with Gasteiger partial charge in [0, 0.05) is 23.4 Å². The summed E-state index contributed by atoms with van der Waals surface area (Å²) in [6, 6.07) is 9.03. The summed E-state index contributed by atoms with van der Waals surface area (Å²) in [4.78, 5) is 29.5. The monoisotopic (exact) mass is 399 g/mol. The summed E-state index contributed by atoms with van der Waals surface area (Å²) in [5.41, 5.74) is 2.66. The Morgan fingerprint density at radius 1 is 1.21 bits per heavy atom. The zero-order valence-electron chi connectivity index (χ0n) is 16.8. The number of aliphatic hydroxyl groups excluding tert-OH is 1. The van der Waals surface area contributed by atoms with E-state index in [0.29, 0.717) is 12.1 Å². The first-order valence-electron chi connectivity index (χ1n) is 9.49. The minimum Gasteiger partial charge on any atom is -0.507 e. The van der Waals surface area contributed by atoms with Crippen molar-refractivity contribution in [2.75, 3.05) is 27.2 Å². The number of nitrogens with one attached hydrogen (secondary N) is 1. The quantitative estimate of drug-likeness (QED) is 0.445. The number of thiophene rings is 1. The normalized spacial score (nSPS) is 19.0. The predicted octanol–water partition coefficient (Wildman–Crippen LogP) is 2.32. The number of carbonyl (C=O) groups excluding carboxylic acids is 2. The van der Waals surface area contributed by atoms with E-state index in [1.807, 2.05) is 49.6 Å². The van der Waals surface area contributed by atoms with E-state index in [1.165, 1.54) is 16.2 Å². The van der Waals surface area contributed by atoms with Crippen molar-refractivity contribution < 1.29 is 19.6 Å². The maximum absolute atomic E-state index is 12.9. The van der Waals surface area contributed by atoms with Crippen molar-refractivity contribution in [3.05, 3.63) is 62.9 Å². The second-order valence-corrected chi connectivity index (χ2v) is 8.62.